The molecular formula is C16H17ClN2O2S. The molecule has 1 amide bonds. The molecule has 4 nitrogen and oxygen atoms in total. The number of hydrogen-bond acceptors (Lipinski definition) is 4. The van der Waals surface area contributed by atoms with E-state index in [2.05, 4.69) is 10.3 Å². The lowest BCUT2D eigenvalue weighted by atomic mass is 10.1. The average molecular weight is 337 g/mol. The smallest absolute Gasteiger partial charge is 0.249 e. The van der Waals surface area contributed by atoms with E-state index in [4.69, 9.17) is 16.3 Å². The number of aryl methyl sites for hydroxylation is 1. The van der Waals surface area contributed by atoms with Gasteiger partial charge in [-0.05, 0) is 31.9 Å². The molecule has 1 N–H and O–H groups in total. The van der Waals surface area contributed by atoms with Gasteiger partial charge in [0.2, 0.25) is 5.91 Å². The van der Waals surface area contributed by atoms with Crippen LogP contribution in [0.25, 0.3) is 11.3 Å². The third-order valence-electron chi connectivity index (χ3n) is 3.59. The first-order valence-corrected chi connectivity index (χ1v) is 8.44. The highest BCUT2D eigenvalue weighted by molar-refractivity contribution is 7.12. The Balaban J connectivity index is 1.67. The van der Waals surface area contributed by atoms with E-state index in [1.54, 1.807) is 11.3 Å². The van der Waals surface area contributed by atoms with Gasteiger partial charge in [0.05, 0.1) is 12.2 Å². The molecule has 3 rings (SSSR count). The van der Waals surface area contributed by atoms with Crippen molar-refractivity contribution in [3.63, 3.8) is 0 Å². The van der Waals surface area contributed by atoms with Crippen molar-refractivity contribution in [3.8, 4) is 11.3 Å². The van der Waals surface area contributed by atoms with E-state index in [1.807, 2.05) is 31.2 Å². The zero-order valence-corrected chi connectivity index (χ0v) is 13.8. The first kappa shape index (κ1) is 15.5. The van der Waals surface area contributed by atoms with Crippen molar-refractivity contribution in [2.45, 2.75) is 32.4 Å². The molecule has 6 heteroatoms. The molecule has 1 saturated heterocycles. The average Bonchev–Trinajstić information content (AvgIpc) is 3.15. The Labute approximate surface area is 138 Å². The van der Waals surface area contributed by atoms with Crippen LogP contribution in [0.15, 0.2) is 24.3 Å². The maximum absolute atomic E-state index is 11.9. The topological polar surface area (TPSA) is 51.2 Å². The van der Waals surface area contributed by atoms with E-state index in [0.29, 0.717) is 18.2 Å². The van der Waals surface area contributed by atoms with Gasteiger partial charge in [0.15, 0.2) is 0 Å². The molecule has 0 radical (unpaired) electrons. The second-order valence-electron chi connectivity index (χ2n) is 5.24. The lowest BCUT2D eigenvalue weighted by Crippen LogP contribution is -2.33. The van der Waals surface area contributed by atoms with Gasteiger partial charge in [-0.25, -0.2) is 4.98 Å². The van der Waals surface area contributed by atoms with Gasteiger partial charge in [-0.2, -0.15) is 0 Å². The Morgan fingerprint density at radius 3 is 2.91 bits per heavy atom. The Hall–Kier alpha value is -1.43. The van der Waals surface area contributed by atoms with Crippen LogP contribution < -0.4 is 5.32 Å². The molecule has 0 saturated carbocycles. The fraction of sp³-hybridized carbons (Fsp3) is 0.375. The minimum atomic E-state index is -0.295. The van der Waals surface area contributed by atoms with Crippen LogP contribution in [-0.4, -0.2) is 23.6 Å². The highest BCUT2D eigenvalue weighted by atomic mass is 35.5. The molecule has 0 spiro atoms. The van der Waals surface area contributed by atoms with E-state index in [9.17, 15) is 4.79 Å². The highest BCUT2D eigenvalue weighted by Gasteiger charge is 2.23. The zero-order valence-electron chi connectivity index (χ0n) is 12.3. The number of nitrogens with one attached hydrogen (secondary N) is 1. The first-order valence-electron chi connectivity index (χ1n) is 7.25. The Morgan fingerprint density at radius 1 is 1.45 bits per heavy atom. The molecule has 1 aromatic heterocycles. The normalized spacial score (nSPS) is 17.6. The molecule has 0 unspecified atom stereocenters. The van der Waals surface area contributed by atoms with Crippen molar-refractivity contribution in [2.24, 2.45) is 0 Å². The van der Waals surface area contributed by atoms with Crippen molar-refractivity contribution in [3.05, 3.63) is 39.2 Å². The summed E-state index contributed by atoms with van der Waals surface area (Å²) in [5.41, 5.74) is 1.98. The maximum atomic E-state index is 11.9. The van der Waals surface area contributed by atoms with Crippen LogP contribution in [0.2, 0.25) is 5.02 Å². The van der Waals surface area contributed by atoms with E-state index < -0.39 is 0 Å². The van der Waals surface area contributed by atoms with E-state index in [-0.39, 0.29) is 12.0 Å². The molecule has 2 heterocycles. The second kappa shape index (κ2) is 6.77. The summed E-state index contributed by atoms with van der Waals surface area (Å²) in [6, 6.07) is 7.63. The number of ether oxygens (including phenoxy) is 1. The Kier molecular flexibility index (Phi) is 4.76. The van der Waals surface area contributed by atoms with Gasteiger partial charge in [-0.15, -0.1) is 11.3 Å². The molecule has 1 aromatic carbocycles. The number of halogens is 1. The van der Waals surface area contributed by atoms with Crippen molar-refractivity contribution in [2.75, 3.05) is 6.61 Å². The fourth-order valence-electron chi connectivity index (χ4n) is 2.46. The van der Waals surface area contributed by atoms with Gasteiger partial charge in [0, 0.05) is 22.1 Å². The third kappa shape index (κ3) is 3.48. The summed E-state index contributed by atoms with van der Waals surface area (Å²) in [5.74, 6) is -0.0432. The third-order valence-corrected chi connectivity index (χ3v) is 4.82. The van der Waals surface area contributed by atoms with Crippen molar-refractivity contribution in [1.29, 1.82) is 0 Å². The number of aromatic nitrogens is 1. The molecule has 1 aliphatic rings. The van der Waals surface area contributed by atoms with Crippen molar-refractivity contribution >= 4 is 28.8 Å². The summed E-state index contributed by atoms with van der Waals surface area (Å²) in [6.45, 7) is 3.15. The summed E-state index contributed by atoms with van der Waals surface area (Å²) < 4.78 is 5.37. The summed E-state index contributed by atoms with van der Waals surface area (Å²) in [7, 11) is 0. The predicted octanol–water partition coefficient (Wildman–Crippen LogP) is 3.57. The van der Waals surface area contributed by atoms with Crippen LogP contribution in [0.1, 0.15) is 22.7 Å². The van der Waals surface area contributed by atoms with Gasteiger partial charge in [-0.1, -0.05) is 23.7 Å². The van der Waals surface area contributed by atoms with Gasteiger partial charge < -0.3 is 10.1 Å². The van der Waals surface area contributed by atoms with Gasteiger partial charge in [0.1, 0.15) is 11.1 Å². The van der Waals surface area contributed by atoms with Gasteiger partial charge >= 0.3 is 0 Å². The minimum absolute atomic E-state index is 0.0432. The van der Waals surface area contributed by atoms with Crippen molar-refractivity contribution < 1.29 is 9.53 Å². The van der Waals surface area contributed by atoms with Gasteiger partial charge in [0.25, 0.3) is 0 Å². The number of thiazole rings is 1. The minimum Gasteiger partial charge on any atom is -0.368 e. The molecular weight excluding hydrogens is 320 g/mol. The van der Waals surface area contributed by atoms with Crippen LogP contribution in [0.3, 0.4) is 0 Å². The molecule has 1 aliphatic heterocycles. The number of amides is 1. The molecule has 1 atom stereocenters. The molecule has 2 aromatic rings. The lowest BCUT2D eigenvalue weighted by Gasteiger charge is -2.08. The van der Waals surface area contributed by atoms with Crippen LogP contribution in [0.4, 0.5) is 0 Å². The summed E-state index contributed by atoms with van der Waals surface area (Å²) >= 11 is 7.51. The predicted molar refractivity (Wildman–Crippen MR) is 88.1 cm³/mol. The zero-order chi connectivity index (χ0) is 15.5. The number of nitrogens with zero attached hydrogens (tertiary/aromatic N) is 1. The SMILES string of the molecule is Cc1sc(CNC(=O)[C@H]2CCCO2)nc1-c1ccc(Cl)cc1. The number of hydrogen-bond donors (Lipinski definition) is 1. The number of rotatable bonds is 4. The molecule has 116 valence electrons. The van der Waals surface area contributed by atoms with Crippen LogP contribution in [-0.2, 0) is 16.1 Å². The van der Waals surface area contributed by atoms with Crippen molar-refractivity contribution in [1.82, 2.24) is 10.3 Å². The summed E-state index contributed by atoms with van der Waals surface area (Å²) in [4.78, 5) is 17.7. The molecule has 22 heavy (non-hydrogen) atoms. The maximum Gasteiger partial charge on any atom is 0.249 e. The first-order chi connectivity index (χ1) is 10.6. The Bertz CT molecular complexity index is 663. The standard InChI is InChI=1S/C16H17ClN2O2S/c1-10-15(11-4-6-12(17)7-5-11)19-14(22-10)9-18-16(20)13-3-2-8-21-13/h4-7,13H,2-3,8-9H2,1H3,(H,18,20)/t13-/m1/s1. The summed E-state index contributed by atoms with van der Waals surface area (Å²) in [6.07, 6.45) is 1.46. The molecule has 0 aliphatic carbocycles. The monoisotopic (exact) mass is 336 g/mol. The fourth-order valence-corrected chi connectivity index (χ4v) is 3.48. The molecule has 0 bridgehead atoms. The van der Waals surface area contributed by atoms with Gasteiger partial charge in [-0.3, -0.25) is 4.79 Å². The number of carbonyl (C=O) groups is 1. The number of benzene rings is 1. The quantitative estimate of drug-likeness (QED) is 0.928. The largest absolute Gasteiger partial charge is 0.368 e. The molecule has 1 fully saturated rings. The summed E-state index contributed by atoms with van der Waals surface area (Å²) in [5, 5.41) is 4.51. The Morgan fingerprint density at radius 2 is 2.23 bits per heavy atom. The van der Waals surface area contributed by atoms with Crippen LogP contribution >= 0.6 is 22.9 Å². The highest BCUT2D eigenvalue weighted by Crippen LogP contribution is 2.28. The van der Waals surface area contributed by atoms with E-state index >= 15 is 0 Å². The van der Waals surface area contributed by atoms with E-state index in [0.717, 1.165) is 34.0 Å². The van der Waals surface area contributed by atoms with Crippen LogP contribution in [0.5, 0.6) is 0 Å². The lowest BCUT2D eigenvalue weighted by molar-refractivity contribution is -0.130. The second-order valence-corrected chi connectivity index (χ2v) is 6.96. The number of carbonyl (C=O) groups excluding carboxylic acids is 1. The van der Waals surface area contributed by atoms with Crippen LogP contribution in [0, 0.1) is 6.92 Å². The van der Waals surface area contributed by atoms with E-state index in [1.165, 1.54) is 0 Å².